The standard InChI is InChI=1S/C20H30N6O5S/c1-14-5-7-16(8-6-14)21-17(27)11-25(3)19-23-22-18(15(2)24-32(4,29)30)26(19)12-20(28)9-10-31-13-20/h5-8,15,24,28H,9-13H2,1-4H3,(H,21,27)/t15-,20-/m1/s1. The van der Waals surface area contributed by atoms with E-state index in [1.807, 2.05) is 31.2 Å². The van der Waals surface area contributed by atoms with Gasteiger partial charge < -0.3 is 20.1 Å². The minimum atomic E-state index is -3.49. The Bertz CT molecular complexity index is 1050. The maximum atomic E-state index is 12.6. The molecule has 0 unspecified atom stereocenters. The summed E-state index contributed by atoms with van der Waals surface area (Å²) in [6.07, 6.45) is 1.49. The van der Waals surface area contributed by atoms with Gasteiger partial charge in [0.25, 0.3) is 0 Å². The molecule has 0 bridgehead atoms. The van der Waals surface area contributed by atoms with Crippen LogP contribution in [0.3, 0.4) is 0 Å². The number of hydrogen-bond donors (Lipinski definition) is 3. The molecule has 11 nitrogen and oxygen atoms in total. The van der Waals surface area contributed by atoms with E-state index >= 15 is 0 Å². The Hall–Kier alpha value is -2.54. The van der Waals surface area contributed by atoms with Crippen molar-refractivity contribution in [1.82, 2.24) is 19.5 Å². The Labute approximate surface area is 187 Å². The van der Waals surface area contributed by atoms with Gasteiger partial charge in [-0.05, 0) is 26.0 Å². The van der Waals surface area contributed by atoms with Crippen LogP contribution >= 0.6 is 0 Å². The highest BCUT2D eigenvalue weighted by Crippen LogP contribution is 2.26. The third-order valence-electron chi connectivity index (χ3n) is 5.13. The van der Waals surface area contributed by atoms with E-state index in [4.69, 9.17) is 4.74 Å². The number of ether oxygens (including phenoxy) is 1. The summed E-state index contributed by atoms with van der Waals surface area (Å²) in [7, 11) is -1.81. The summed E-state index contributed by atoms with van der Waals surface area (Å²) < 4.78 is 32.9. The lowest BCUT2D eigenvalue weighted by Gasteiger charge is -2.26. The lowest BCUT2D eigenvalue weighted by molar-refractivity contribution is -0.114. The molecule has 1 aromatic heterocycles. The van der Waals surface area contributed by atoms with Crippen LogP contribution in [0.4, 0.5) is 11.6 Å². The van der Waals surface area contributed by atoms with Gasteiger partial charge in [-0.15, -0.1) is 10.2 Å². The van der Waals surface area contributed by atoms with Crippen LogP contribution in [-0.2, 0) is 26.1 Å². The highest BCUT2D eigenvalue weighted by Gasteiger charge is 2.36. The van der Waals surface area contributed by atoms with Crippen LogP contribution in [0.25, 0.3) is 0 Å². The zero-order chi connectivity index (χ0) is 23.5. The number of aliphatic hydroxyl groups is 1. The maximum Gasteiger partial charge on any atom is 0.243 e. The highest BCUT2D eigenvalue weighted by atomic mass is 32.2. The van der Waals surface area contributed by atoms with Crippen molar-refractivity contribution in [3.8, 4) is 0 Å². The monoisotopic (exact) mass is 466 g/mol. The molecule has 176 valence electrons. The topological polar surface area (TPSA) is 139 Å². The number of carbonyl (C=O) groups is 1. The van der Waals surface area contributed by atoms with Gasteiger partial charge in [-0.25, -0.2) is 13.1 Å². The summed E-state index contributed by atoms with van der Waals surface area (Å²) in [5.74, 6) is 0.413. The Morgan fingerprint density at radius 1 is 1.34 bits per heavy atom. The largest absolute Gasteiger partial charge is 0.386 e. The van der Waals surface area contributed by atoms with Gasteiger partial charge in [-0.2, -0.15) is 0 Å². The zero-order valence-corrected chi connectivity index (χ0v) is 19.5. The minimum absolute atomic E-state index is 0.0190. The van der Waals surface area contributed by atoms with E-state index in [0.29, 0.717) is 30.5 Å². The summed E-state index contributed by atoms with van der Waals surface area (Å²) in [6, 6.07) is 6.77. The molecule has 0 saturated carbocycles. The molecule has 3 rings (SSSR count). The minimum Gasteiger partial charge on any atom is -0.386 e. The number of aromatic nitrogens is 3. The molecule has 1 aromatic carbocycles. The Morgan fingerprint density at radius 3 is 2.62 bits per heavy atom. The fourth-order valence-electron chi connectivity index (χ4n) is 3.57. The second kappa shape index (κ2) is 9.53. The van der Waals surface area contributed by atoms with Crippen LogP contribution in [-0.4, -0.2) is 72.9 Å². The van der Waals surface area contributed by atoms with Crippen LogP contribution in [0.15, 0.2) is 24.3 Å². The lowest BCUT2D eigenvalue weighted by atomic mass is 10.0. The number of likely N-dealkylation sites (N-methyl/N-ethyl adjacent to an activating group) is 1. The van der Waals surface area contributed by atoms with Gasteiger partial charge in [0.05, 0.1) is 32.0 Å². The molecule has 1 fully saturated rings. The normalized spacial score (nSPS) is 19.7. The first-order chi connectivity index (χ1) is 15.0. The van der Waals surface area contributed by atoms with Crippen LogP contribution < -0.4 is 14.9 Å². The first-order valence-electron chi connectivity index (χ1n) is 10.2. The Morgan fingerprint density at radius 2 is 2.03 bits per heavy atom. The molecule has 2 aromatic rings. The van der Waals surface area contributed by atoms with E-state index in [1.54, 1.807) is 23.4 Å². The van der Waals surface area contributed by atoms with E-state index in [1.165, 1.54) is 0 Å². The SMILES string of the molecule is Cc1ccc(NC(=O)CN(C)c2nnc([C@@H](C)NS(C)(=O)=O)n2C[C@]2(O)CCOC2)cc1. The summed E-state index contributed by atoms with van der Waals surface area (Å²) in [6.45, 7) is 4.27. The van der Waals surface area contributed by atoms with Gasteiger partial charge >= 0.3 is 0 Å². The van der Waals surface area contributed by atoms with Gasteiger partial charge in [-0.1, -0.05) is 17.7 Å². The van der Waals surface area contributed by atoms with Crippen molar-refractivity contribution < 1.29 is 23.1 Å². The third kappa shape index (κ3) is 6.25. The molecule has 1 saturated heterocycles. The van der Waals surface area contributed by atoms with E-state index in [2.05, 4.69) is 20.2 Å². The van der Waals surface area contributed by atoms with Crippen molar-refractivity contribution in [2.75, 3.05) is 43.3 Å². The highest BCUT2D eigenvalue weighted by molar-refractivity contribution is 7.88. The summed E-state index contributed by atoms with van der Waals surface area (Å²) in [5, 5.41) is 22.0. The van der Waals surface area contributed by atoms with E-state index in [9.17, 15) is 18.3 Å². The van der Waals surface area contributed by atoms with Gasteiger partial charge in [0.15, 0.2) is 5.82 Å². The van der Waals surface area contributed by atoms with Crippen molar-refractivity contribution in [3.05, 3.63) is 35.7 Å². The van der Waals surface area contributed by atoms with Gasteiger partial charge in [-0.3, -0.25) is 9.36 Å². The maximum absolute atomic E-state index is 12.6. The number of nitrogens with one attached hydrogen (secondary N) is 2. The van der Waals surface area contributed by atoms with Crippen molar-refractivity contribution in [2.24, 2.45) is 0 Å². The molecule has 3 N–H and O–H groups in total. The molecular weight excluding hydrogens is 436 g/mol. The molecule has 0 aliphatic carbocycles. The predicted octanol–water partition coefficient (Wildman–Crippen LogP) is 0.423. The molecule has 2 heterocycles. The number of anilines is 2. The number of carbonyl (C=O) groups excluding carboxylic acids is 1. The first kappa shape index (κ1) is 24.1. The second-order valence-corrected chi connectivity index (χ2v) is 10.1. The Kier molecular flexibility index (Phi) is 7.18. The van der Waals surface area contributed by atoms with Crippen molar-refractivity contribution in [2.45, 2.75) is 38.5 Å². The number of hydrogen-bond acceptors (Lipinski definition) is 8. The number of amides is 1. The van der Waals surface area contributed by atoms with Crippen LogP contribution in [0.2, 0.25) is 0 Å². The number of nitrogens with zero attached hydrogens (tertiary/aromatic N) is 4. The molecule has 0 radical (unpaired) electrons. The predicted molar refractivity (Wildman–Crippen MR) is 120 cm³/mol. The molecule has 2 atom stereocenters. The summed E-state index contributed by atoms with van der Waals surface area (Å²) >= 11 is 0. The van der Waals surface area contributed by atoms with Gasteiger partial charge in [0, 0.05) is 25.8 Å². The van der Waals surface area contributed by atoms with E-state index in [0.717, 1.165) is 11.8 Å². The number of benzene rings is 1. The molecule has 1 aliphatic rings. The van der Waals surface area contributed by atoms with E-state index in [-0.39, 0.29) is 25.6 Å². The van der Waals surface area contributed by atoms with Crippen molar-refractivity contribution >= 4 is 27.6 Å². The van der Waals surface area contributed by atoms with Crippen LogP contribution in [0, 0.1) is 6.92 Å². The van der Waals surface area contributed by atoms with Crippen LogP contribution in [0.5, 0.6) is 0 Å². The lowest BCUT2D eigenvalue weighted by Crippen LogP contribution is -2.39. The van der Waals surface area contributed by atoms with Crippen LogP contribution in [0.1, 0.15) is 30.8 Å². The molecule has 12 heteroatoms. The number of sulfonamides is 1. The average molecular weight is 467 g/mol. The fourth-order valence-corrected chi connectivity index (χ4v) is 4.32. The second-order valence-electron chi connectivity index (χ2n) is 8.35. The summed E-state index contributed by atoms with van der Waals surface area (Å²) in [4.78, 5) is 14.2. The number of rotatable bonds is 9. The van der Waals surface area contributed by atoms with Crippen molar-refractivity contribution in [1.29, 1.82) is 0 Å². The average Bonchev–Trinajstić information content (AvgIpc) is 3.29. The molecule has 32 heavy (non-hydrogen) atoms. The fraction of sp³-hybridized carbons (Fsp3) is 0.550. The molecule has 1 aliphatic heterocycles. The third-order valence-corrected chi connectivity index (χ3v) is 5.91. The van der Waals surface area contributed by atoms with Gasteiger partial charge in [0.2, 0.25) is 21.9 Å². The quantitative estimate of drug-likeness (QED) is 0.483. The van der Waals surface area contributed by atoms with E-state index < -0.39 is 21.7 Å². The summed E-state index contributed by atoms with van der Waals surface area (Å²) in [5.41, 5.74) is 0.632. The van der Waals surface area contributed by atoms with Gasteiger partial charge in [0.1, 0.15) is 5.60 Å². The molecule has 1 amide bonds. The smallest absolute Gasteiger partial charge is 0.243 e. The Balaban J connectivity index is 1.81. The molecular formula is C20H30N6O5S. The first-order valence-corrected chi connectivity index (χ1v) is 12.1. The number of aryl methyl sites for hydroxylation is 1. The zero-order valence-electron chi connectivity index (χ0n) is 18.7. The van der Waals surface area contributed by atoms with Crippen molar-refractivity contribution in [3.63, 3.8) is 0 Å². The molecule has 0 spiro atoms.